The van der Waals surface area contributed by atoms with E-state index < -0.39 is 11.8 Å². The average Bonchev–Trinajstić information content (AvgIpc) is 2.55. The highest BCUT2D eigenvalue weighted by molar-refractivity contribution is 6.34. The Balaban J connectivity index is 2.24. The van der Waals surface area contributed by atoms with Crippen LogP contribution in [0.25, 0.3) is 6.08 Å². The van der Waals surface area contributed by atoms with Gasteiger partial charge in [0.15, 0.2) is 0 Å². The number of nitrogens with one attached hydrogen (secondary N) is 1. The fraction of sp³-hybridized carbons (Fsp3) is 0.0588. The second-order valence-corrected chi connectivity index (χ2v) is 5.04. The van der Waals surface area contributed by atoms with E-state index in [4.69, 9.17) is 22.1 Å². The van der Waals surface area contributed by atoms with E-state index in [1.54, 1.807) is 55.6 Å². The van der Waals surface area contributed by atoms with E-state index in [9.17, 15) is 9.59 Å². The van der Waals surface area contributed by atoms with Crippen molar-refractivity contribution in [2.45, 2.75) is 0 Å². The lowest BCUT2D eigenvalue weighted by molar-refractivity contribution is -0.114. The first kappa shape index (κ1) is 16.6. The molecule has 0 aliphatic carbocycles. The number of carbonyl (C=O) groups is 2. The molecular formula is C17H15ClN2O3. The molecule has 118 valence electrons. The summed E-state index contributed by atoms with van der Waals surface area (Å²) in [4.78, 5) is 23.8. The van der Waals surface area contributed by atoms with Gasteiger partial charge in [0, 0.05) is 0 Å². The number of benzene rings is 2. The third-order valence-electron chi connectivity index (χ3n) is 3.06. The highest BCUT2D eigenvalue weighted by atomic mass is 35.5. The molecule has 0 heterocycles. The van der Waals surface area contributed by atoms with Crippen molar-refractivity contribution >= 4 is 29.5 Å². The SMILES string of the molecule is COc1ccc(/C=C(/NC(=O)c2ccccc2Cl)C(N)=O)cc1. The Morgan fingerprint density at radius 1 is 1.13 bits per heavy atom. The minimum absolute atomic E-state index is 0.0277. The van der Waals surface area contributed by atoms with Crippen LogP contribution in [0.2, 0.25) is 5.02 Å². The zero-order chi connectivity index (χ0) is 16.8. The molecule has 3 N–H and O–H groups in total. The number of rotatable bonds is 5. The molecule has 2 rings (SSSR count). The summed E-state index contributed by atoms with van der Waals surface area (Å²) in [6.07, 6.45) is 1.48. The predicted molar refractivity (Wildman–Crippen MR) is 89.1 cm³/mol. The van der Waals surface area contributed by atoms with Crippen LogP contribution in [0.15, 0.2) is 54.2 Å². The van der Waals surface area contributed by atoms with Gasteiger partial charge in [0.2, 0.25) is 0 Å². The molecule has 2 amide bonds. The number of methoxy groups -OCH3 is 1. The minimum Gasteiger partial charge on any atom is -0.497 e. The molecule has 0 aliphatic rings. The summed E-state index contributed by atoms with van der Waals surface area (Å²) < 4.78 is 5.06. The molecule has 0 aliphatic heterocycles. The first-order valence-corrected chi connectivity index (χ1v) is 7.10. The van der Waals surface area contributed by atoms with Crippen molar-refractivity contribution in [3.05, 3.63) is 70.4 Å². The fourth-order valence-electron chi connectivity index (χ4n) is 1.87. The number of hydrogen-bond donors (Lipinski definition) is 2. The summed E-state index contributed by atoms with van der Waals surface area (Å²) in [5.74, 6) is -0.571. The molecule has 0 atom stereocenters. The van der Waals surface area contributed by atoms with Crippen LogP contribution >= 0.6 is 11.6 Å². The molecule has 0 saturated carbocycles. The molecular weight excluding hydrogens is 316 g/mol. The van der Waals surface area contributed by atoms with Gasteiger partial charge in [-0.1, -0.05) is 35.9 Å². The molecule has 5 nitrogen and oxygen atoms in total. The van der Waals surface area contributed by atoms with Gasteiger partial charge in [-0.15, -0.1) is 0 Å². The zero-order valence-electron chi connectivity index (χ0n) is 12.4. The summed E-state index contributed by atoms with van der Waals surface area (Å²) in [6.45, 7) is 0. The van der Waals surface area contributed by atoms with Gasteiger partial charge < -0.3 is 15.8 Å². The number of carbonyl (C=O) groups excluding carboxylic acids is 2. The highest BCUT2D eigenvalue weighted by Gasteiger charge is 2.14. The van der Waals surface area contributed by atoms with E-state index in [1.165, 1.54) is 6.08 Å². The normalized spacial score (nSPS) is 11.0. The Labute approximate surface area is 138 Å². The van der Waals surface area contributed by atoms with Gasteiger partial charge in [-0.3, -0.25) is 9.59 Å². The van der Waals surface area contributed by atoms with Crippen LogP contribution in [0.1, 0.15) is 15.9 Å². The van der Waals surface area contributed by atoms with Gasteiger partial charge in [0.05, 0.1) is 17.7 Å². The number of ether oxygens (including phenoxy) is 1. The maximum atomic E-state index is 12.2. The monoisotopic (exact) mass is 330 g/mol. The molecule has 2 aromatic rings. The quantitative estimate of drug-likeness (QED) is 0.827. The van der Waals surface area contributed by atoms with E-state index in [-0.39, 0.29) is 11.3 Å². The van der Waals surface area contributed by atoms with Crippen LogP contribution in [0.3, 0.4) is 0 Å². The number of nitrogens with two attached hydrogens (primary N) is 1. The first-order chi connectivity index (χ1) is 11.0. The van der Waals surface area contributed by atoms with Gasteiger partial charge in [-0.05, 0) is 35.9 Å². The molecule has 2 aromatic carbocycles. The van der Waals surface area contributed by atoms with Gasteiger partial charge in [0.1, 0.15) is 11.4 Å². The molecule has 0 bridgehead atoms. The third-order valence-corrected chi connectivity index (χ3v) is 3.39. The lowest BCUT2D eigenvalue weighted by Gasteiger charge is -2.08. The zero-order valence-corrected chi connectivity index (χ0v) is 13.1. The Hall–Kier alpha value is -2.79. The number of primary amides is 1. The van der Waals surface area contributed by atoms with Gasteiger partial charge in [-0.2, -0.15) is 0 Å². The molecule has 0 spiro atoms. The van der Waals surface area contributed by atoms with E-state index in [0.717, 1.165) is 0 Å². The van der Waals surface area contributed by atoms with Crippen LogP contribution in [0.4, 0.5) is 0 Å². The lowest BCUT2D eigenvalue weighted by atomic mass is 10.1. The summed E-state index contributed by atoms with van der Waals surface area (Å²) in [5.41, 5.74) is 6.25. The first-order valence-electron chi connectivity index (χ1n) is 6.72. The summed E-state index contributed by atoms with van der Waals surface area (Å²) in [5, 5.41) is 2.77. The van der Waals surface area contributed by atoms with Crippen molar-refractivity contribution in [3.8, 4) is 5.75 Å². The molecule has 0 aromatic heterocycles. The summed E-state index contributed by atoms with van der Waals surface area (Å²) in [7, 11) is 1.56. The maximum Gasteiger partial charge on any atom is 0.265 e. The van der Waals surface area contributed by atoms with Crippen LogP contribution in [-0.2, 0) is 4.79 Å². The largest absolute Gasteiger partial charge is 0.497 e. The minimum atomic E-state index is -0.749. The Kier molecular flexibility index (Phi) is 5.38. The summed E-state index contributed by atoms with van der Waals surface area (Å²) in [6, 6.07) is 13.5. The highest BCUT2D eigenvalue weighted by Crippen LogP contribution is 2.16. The second kappa shape index (κ2) is 7.47. The smallest absolute Gasteiger partial charge is 0.265 e. The molecule has 23 heavy (non-hydrogen) atoms. The van der Waals surface area contributed by atoms with Crippen molar-refractivity contribution < 1.29 is 14.3 Å². The Bertz CT molecular complexity index is 755. The molecule has 0 saturated heterocycles. The number of hydrogen-bond acceptors (Lipinski definition) is 3. The fourth-order valence-corrected chi connectivity index (χ4v) is 2.09. The lowest BCUT2D eigenvalue weighted by Crippen LogP contribution is -2.31. The van der Waals surface area contributed by atoms with E-state index in [2.05, 4.69) is 5.32 Å². The van der Waals surface area contributed by atoms with Crippen LogP contribution in [0.5, 0.6) is 5.75 Å². The molecule has 6 heteroatoms. The van der Waals surface area contributed by atoms with Crippen LogP contribution < -0.4 is 15.8 Å². The van der Waals surface area contributed by atoms with E-state index in [1.807, 2.05) is 0 Å². The summed E-state index contributed by atoms with van der Waals surface area (Å²) >= 11 is 5.97. The molecule has 0 radical (unpaired) electrons. The number of amides is 2. The van der Waals surface area contributed by atoms with Crippen LogP contribution in [0, 0.1) is 0 Å². The van der Waals surface area contributed by atoms with Crippen molar-refractivity contribution in [1.82, 2.24) is 5.32 Å². The average molecular weight is 331 g/mol. The van der Waals surface area contributed by atoms with Gasteiger partial charge in [-0.25, -0.2) is 0 Å². The second-order valence-electron chi connectivity index (χ2n) is 4.63. The van der Waals surface area contributed by atoms with E-state index in [0.29, 0.717) is 16.3 Å². The molecule has 0 unspecified atom stereocenters. The van der Waals surface area contributed by atoms with Crippen molar-refractivity contribution in [2.24, 2.45) is 5.73 Å². The maximum absolute atomic E-state index is 12.2. The molecule has 0 fully saturated rings. The van der Waals surface area contributed by atoms with Crippen LogP contribution in [-0.4, -0.2) is 18.9 Å². The van der Waals surface area contributed by atoms with Crippen molar-refractivity contribution in [3.63, 3.8) is 0 Å². The van der Waals surface area contributed by atoms with Crippen molar-refractivity contribution in [1.29, 1.82) is 0 Å². The Morgan fingerprint density at radius 2 is 1.78 bits per heavy atom. The van der Waals surface area contributed by atoms with Gasteiger partial charge >= 0.3 is 0 Å². The number of halogens is 1. The van der Waals surface area contributed by atoms with Gasteiger partial charge in [0.25, 0.3) is 11.8 Å². The Morgan fingerprint density at radius 3 is 2.35 bits per heavy atom. The van der Waals surface area contributed by atoms with Crippen molar-refractivity contribution in [2.75, 3.05) is 7.11 Å². The topological polar surface area (TPSA) is 81.4 Å². The van der Waals surface area contributed by atoms with E-state index >= 15 is 0 Å². The standard InChI is InChI=1S/C17H15ClN2O3/c1-23-12-8-6-11(7-9-12)10-15(16(19)21)20-17(22)13-4-2-3-5-14(13)18/h2-10H,1H3,(H2,19,21)(H,20,22)/b15-10+. The third kappa shape index (κ3) is 4.34. The predicted octanol–water partition coefficient (Wildman–Crippen LogP) is 2.60.